The number of ether oxygens (including phenoxy) is 1. The Kier molecular flexibility index (Phi) is 3.99. The van der Waals surface area contributed by atoms with Crippen LogP contribution in [0, 0.1) is 11.3 Å². The molecule has 1 heterocycles. The molecule has 0 bridgehead atoms. The van der Waals surface area contributed by atoms with Crippen LogP contribution in [0.4, 0.5) is 5.69 Å². The maximum Gasteiger partial charge on any atom is 0.237 e. The molecule has 1 unspecified atom stereocenters. The lowest BCUT2D eigenvalue weighted by Crippen LogP contribution is -2.08. The van der Waals surface area contributed by atoms with Gasteiger partial charge in [0.25, 0.3) is 0 Å². The summed E-state index contributed by atoms with van der Waals surface area (Å²) < 4.78 is 5.20. The molecule has 96 valence electrons. The maximum absolute atomic E-state index is 8.92. The van der Waals surface area contributed by atoms with Crippen molar-refractivity contribution in [2.75, 3.05) is 12.4 Å². The molecule has 0 aliphatic rings. The number of benzene rings is 1. The van der Waals surface area contributed by atoms with Crippen LogP contribution in [0.1, 0.15) is 24.1 Å². The standard InChI is InChI=1S/C15H15N3O/c1-11(13-6-3-5-12(9-13)10-16)18-14-7-4-8-17-15(14)19-2/h3-9,11,18H,1-2H3. The highest BCUT2D eigenvalue weighted by molar-refractivity contribution is 5.53. The molecule has 1 aromatic heterocycles. The molecule has 0 fully saturated rings. The van der Waals surface area contributed by atoms with Crippen LogP contribution in [0.15, 0.2) is 42.6 Å². The van der Waals surface area contributed by atoms with E-state index in [0.717, 1.165) is 11.3 Å². The second-order valence-corrected chi connectivity index (χ2v) is 4.16. The molecule has 0 aliphatic carbocycles. The number of hydrogen-bond acceptors (Lipinski definition) is 4. The third-order valence-electron chi connectivity index (χ3n) is 2.85. The summed E-state index contributed by atoms with van der Waals surface area (Å²) in [5.74, 6) is 0.561. The van der Waals surface area contributed by atoms with Crippen LogP contribution in [-0.4, -0.2) is 12.1 Å². The third-order valence-corrected chi connectivity index (χ3v) is 2.85. The average molecular weight is 253 g/mol. The molecule has 0 spiro atoms. The van der Waals surface area contributed by atoms with Crippen molar-refractivity contribution >= 4 is 5.69 Å². The fourth-order valence-electron chi connectivity index (χ4n) is 1.86. The first-order valence-electron chi connectivity index (χ1n) is 6.00. The highest BCUT2D eigenvalue weighted by Gasteiger charge is 2.09. The molecule has 1 N–H and O–H groups in total. The Hall–Kier alpha value is -2.54. The fraction of sp³-hybridized carbons (Fsp3) is 0.200. The Labute approximate surface area is 112 Å². The van der Waals surface area contributed by atoms with Crippen molar-refractivity contribution < 1.29 is 4.74 Å². The summed E-state index contributed by atoms with van der Waals surface area (Å²) in [6, 6.07) is 13.5. The van der Waals surface area contributed by atoms with Crippen LogP contribution in [0.3, 0.4) is 0 Å². The van der Waals surface area contributed by atoms with E-state index in [0.29, 0.717) is 11.4 Å². The van der Waals surface area contributed by atoms with Crippen LogP contribution in [-0.2, 0) is 0 Å². The minimum absolute atomic E-state index is 0.0615. The first-order valence-corrected chi connectivity index (χ1v) is 6.00. The second-order valence-electron chi connectivity index (χ2n) is 4.16. The first-order chi connectivity index (χ1) is 9.24. The van der Waals surface area contributed by atoms with Crippen molar-refractivity contribution in [1.29, 1.82) is 5.26 Å². The van der Waals surface area contributed by atoms with Crippen molar-refractivity contribution in [2.24, 2.45) is 0 Å². The lowest BCUT2D eigenvalue weighted by molar-refractivity contribution is 0.399. The van der Waals surface area contributed by atoms with Gasteiger partial charge in [0.2, 0.25) is 5.88 Å². The molecule has 0 saturated heterocycles. The van der Waals surface area contributed by atoms with Crippen molar-refractivity contribution in [3.63, 3.8) is 0 Å². The highest BCUT2D eigenvalue weighted by Crippen LogP contribution is 2.25. The van der Waals surface area contributed by atoms with E-state index in [1.165, 1.54) is 0 Å². The Balaban J connectivity index is 2.21. The lowest BCUT2D eigenvalue weighted by atomic mass is 10.1. The Morgan fingerprint density at radius 3 is 2.89 bits per heavy atom. The first kappa shape index (κ1) is 12.9. The Bertz CT molecular complexity index is 604. The van der Waals surface area contributed by atoms with Gasteiger partial charge in [-0.3, -0.25) is 0 Å². The number of aromatic nitrogens is 1. The normalized spacial score (nSPS) is 11.4. The van der Waals surface area contributed by atoms with Gasteiger partial charge < -0.3 is 10.1 Å². The van der Waals surface area contributed by atoms with E-state index >= 15 is 0 Å². The molecular weight excluding hydrogens is 238 g/mol. The van der Waals surface area contributed by atoms with E-state index in [4.69, 9.17) is 10.00 Å². The van der Waals surface area contributed by atoms with Crippen molar-refractivity contribution in [3.8, 4) is 11.9 Å². The van der Waals surface area contributed by atoms with Crippen LogP contribution < -0.4 is 10.1 Å². The second kappa shape index (κ2) is 5.87. The summed E-state index contributed by atoms with van der Waals surface area (Å²) in [6.07, 6.45) is 1.69. The van der Waals surface area contributed by atoms with Crippen molar-refractivity contribution in [2.45, 2.75) is 13.0 Å². The van der Waals surface area contributed by atoms with Gasteiger partial charge in [0.15, 0.2) is 0 Å². The topological polar surface area (TPSA) is 57.9 Å². The SMILES string of the molecule is COc1ncccc1NC(C)c1cccc(C#N)c1. The summed E-state index contributed by atoms with van der Waals surface area (Å²) in [5.41, 5.74) is 2.54. The van der Waals surface area contributed by atoms with Gasteiger partial charge in [0.05, 0.1) is 24.4 Å². The number of nitrogens with zero attached hydrogens (tertiary/aromatic N) is 2. The zero-order valence-corrected chi connectivity index (χ0v) is 10.9. The number of pyridine rings is 1. The molecule has 19 heavy (non-hydrogen) atoms. The summed E-state index contributed by atoms with van der Waals surface area (Å²) in [5, 5.41) is 12.2. The monoisotopic (exact) mass is 253 g/mol. The summed E-state index contributed by atoms with van der Waals surface area (Å²) in [4.78, 5) is 4.14. The predicted octanol–water partition coefficient (Wildman–Crippen LogP) is 3.13. The van der Waals surface area contributed by atoms with Gasteiger partial charge >= 0.3 is 0 Å². The molecule has 1 aromatic carbocycles. The van der Waals surface area contributed by atoms with E-state index in [9.17, 15) is 0 Å². The number of nitriles is 1. The zero-order chi connectivity index (χ0) is 13.7. The minimum atomic E-state index is 0.0615. The number of nitrogens with one attached hydrogen (secondary N) is 1. The van der Waals surface area contributed by atoms with Gasteiger partial charge in [-0.15, -0.1) is 0 Å². The Morgan fingerprint density at radius 1 is 1.32 bits per heavy atom. The van der Waals surface area contributed by atoms with Crippen LogP contribution in [0.25, 0.3) is 0 Å². The fourth-order valence-corrected chi connectivity index (χ4v) is 1.86. The summed E-state index contributed by atoms with van der Waals surface area (Å²) in [7, 11) is 1.59. The van der Waals surface area contributed by atoms with Crippen molar-refractivity contribution in [1.82, 2.24) is 4.98 Å². The zero-order valence-electron chi connectivity index (χ0n) is 10.9. The quantitative estimate of drug-likeness (QED) is 0.909. The van der Waals surface area contributed by atoms with Gasteiger partial charge in [0.1, 0.15) is 0 Å². The van der Waals surface area contributed by atoms with Crippen LogP contribution in [0.2, 0.25) is 0 Å². The number of methoxy groups -OCH3 is 1. The third kappa shape index (κ3) is 3.02. The van der Waals surface area contributed by atoms with Gasteiger partial charge in [-0.05, 0) is 36.8 Å². The van der Waals surface area contributed by atoms with E-state index < -0.39 is 0 Å². The molecule has 4 heteroatoms. The summed E-state index contributed by atoms with van der Waals surface area (Å²) >= 11 is 0. The molecule has 0 saturated carbocycles. The molecule has 1 atom stereocenters. The largest absolute Gasteiger partial charge is 0.480 e. The molecule has 2 rings (SSSR count). The smallest absolute Gasteiger partial charge is 0.237 e. The van der Waals surface area contributed by atoms with Gasteiger partial charge in [-0.1, -0.05) is 12.1 Å². The molecule has 2 aromatic rings. The lowest BCUT2D eigenvalue weighted by Gasteiger charge is -2.17. The maximum atomic E-state index is 8.92. The van der Waals surface area contributed by atoms with Crippen molar-refractivity contribution in [3.05, 3.63) is 53.7 Å². The van der Waals surface area contributed by atoms with Gasteiger partial charge in [-0.2, -0.15) is 5.26 Å². The summed E-state index contributed by atoms with van der Waals surface area (Å²) in [6.45, 7) is 2.03. The van der Waals surface area contributed by atoms with Crippen LogP contribution >= 0.6 is 0 Å². The molecule has 0 radical (unpaired) electrons. The molecule has 4 nitrogen and oxygen atoms in total. The van der Waals surface area contributed by atoms with E-state index in [2.05, 4.69) is 16.4 Å². The number of anilines is 1. The van der Waals surface area contributed by atoms with E-state index in [-0.39, 0.29) is 6.04 Å². The number of rotatable bonds is 4. The number of hydrogen-bond donors (Lipinski definition) is 1. The molecule has 0 amide bonds. The Morgan fingerprint density at radius 2 is 2.16 bits per heavy atom. The highest BCUT2D eigenvalue weighted by atomic mass is 16.5. The molecular formula is C15H15N3O. The van der Waals surface area contributed by atoms with E-state index in [1.807, 2.05) is 37.3 Å². The van der Waals surface area contributed by atoms with E-state index in [1.54, 1.807) is 19.4 Å². The predicted molar refractivity (Wildman–Crippen MR) is 74.0 cm³/mol. The van der Waals surface area contributed by atoms with Crippen LogP contribution in [0.5, 0.6) is 5.88 Å². The average Bonchev–Trinajstić information content (AvgIpc) is 2.47. The minimum Gasteiger partial charge on any atom is -0.480 e. The molecule has 0 aliphatic heterocycles. The van der Waals surface area contributed by atoms with Gasteiger partial charge in [-0.25, -0.2) is 4.98 Å². The van der Waals surface area contributed by atoms with Gasteiger partial charge in [0, 0.05) is 12.2 Å².